The summed E-state index contributed by atoms with van der Waals surface area (Å²) in [5.74, 6) is 0.843. The first kappa shape index (κ1) is 13.9. The molecule has 0 bridgehead atoms. The maximum absolute atomic E-state index is 12.6. The zero-order valence-corrected chi connectivity index (χ0v) is 10.6. The standard InChI is InChI=1S/C11H12F3N3OS/c12-7-11(13,14)18-9-3-1-8(2-4-9)16-17-10-15-5-6-19-10/h1-4,16H,5-7H2,(H,15,17). The van der Waals surface area contributed by atoms with Crippen LogP contribution in [0.15, 0.2) is 29.3 Å². The number of halogens is 3. The molecule has 1 aromatic rings. The second-order valence-electron chi connectivity index (χ2n) is 3.68. The molecular weight excluding hydrogens is 279 g/mol. The van der Waals surface area contributed by atoms with Gasteiger partial charge in [-0.15, -0.1) is 0 Å². The zero-order chi connectivity index (χ0) is 13.7. The lowest BCUT2D eigenvalue weighted by Crippen LogP contribution is -2.27. The van der Waals surface area contributed by atoms with E-state index in [4.69, 9.17) is 0 Å². The Morgan fingerprint density at radius 2 is 2.00 bits per heavy atom. The minimum absolute atomic E-state index is 0.0965. The molecule has 1 heterocycles. The summed E-state index contributed by atoms with van der Waals surface area (Å²) in [5, 5.41) is 0.782. The van der Waals surface area contributed by atoms with Crippen molar-refractivity contribution in [3.05, 3.63) is 24.3 Å². The van der Waals surface area contributed by atoms with Gasteiger partial charge in [-0.25, -0.2) is 4.39 Å². The number of alkyl halides is 3. The van der Waals surface area contributed by atoms with E-state index in [9.17, 15) is 13.2 Å². The third-order valence-corrected chi connectivity index (χ3v) is 3.07. The van der Waals surface area contributed by atoms with Crippen molar-refractivity contribution in [2.75, 3.05) is 24.4 Å². The molecule has 0 saturated heterocycles. The van der Waals surface area contributed by atoms with Crippen LogP contribution in [0.25, 0.3) is 0 Å². The predicted molar refractivity (Wildman–Crippen MR) is 69.5 cm³/mol. The van der Waals surface area contributed by atoms with Crippen molar-refractivity contribution in [2.24, 2.45) is 4.99 Å². The highest BCUT2D eigenvalue weighted by molar-refractivity contribution is 8.14. The number of nitrogens with zero attached hydrogens (tertiary/aromatic N) is 1. The molecule has 2 rings (SSSR count). The summed E-state index contributed by atoms with van der Waals surface area (Å²) < 4.78 is 41.4. The quantitative estimate of drug-likeness (QED) is 0.819. The predicted octanol–water partition coefficient (Wildman–Crippen LogP) is 2.65. The number of nitrogens with one attached hydrogen (secondary N) is 2. The lowest BCUT2D eigenvalue weighted by atomic mass is 10.3. The minimum atomic E-state index is -3.79. The van der Waals surface area contributed by atoms with Crippen LogP contribution in [-0.4, -0.2) is 30.2 Å². The van der Waals surface area contributed by atoms with Crippen molar-refractivity contribution < 1.29 is 17.9 Å². The van der Waals surface area contributed by atoms with Crippen LogP contribution < -0.4 is 15.6 Å². The fourth-order valence-electron chi connectivity index (χ4n) is 1.34. The van der Waals surface area contributed by atoms with Crippen LogP contribution in [-0.2, 0) is 0 Å². The summed E-state index contributed by atoms with van der Waals surface area (Å²) in [6.07, 6.45) is -3.79. The molecule has 2 N–H and O–H groups in total. The second kappa shape index (κ2) is 6.05. The number of thioether (sulfide) groups is 1. The zero-order valence-electron chi connectivity index (χ0n) is 9.83. The smallest absolute Gasteiger partial charge is 0.427 e. The number of rotatable bonds is 5. The number of hydrogen-bond donors (Lipinski definition) is 2. The molecule has 8 heteroatoms. The van der Waals surface area contributed by atoms with Crippen LogP contribution in [0.1, 0.15) is 0 Å². The summed E-state index contributed by atoms with van der Waals surface area (Å²) in [6, 6.07) is 5.74. The molecule has 4 nitrogen and oxygen atoms in total. The van der Waals surface area contributed by atoms with Gasteiger partial charge >= 0.3 is 6.11 Å². The lowest BCUT2D eigenvalue weighted by molar-refractivity contribution is -0.186. The second-order valence-corrected chi connectivity index (χ2v) is 4.77. The highest BCUT2D eigenvalue weighted by Gasteiger charge is 2.31. The van der Waals surface area contributed by atoms with Gasteiger partial charge < -0.3 is 4.74 Å². The molecule has 0 spiro atoms. The van der Waals surface area contributed by atoms with Crippen molar-refractivity contribution in [1.29, 1.82) is 0 Å². The first-order valence-electron chi connectivity index (χ1n) is 5.51. The van der Waals surface area contributed by atoms with Gasteiger partial charge in [0.1, 0.15) is 5.75 Å². The number of benzene rings is 1. The Hall–Kier alpha value is -1.57. The highest BCUT2D eigenvalue weighted by atomic mass is 32.2. The summed E-state index contributed by atoms with van der Waals surface area (Å²) in [4.78, 5) is 4.17. The van der Waals surface area contributed by atoms with Gasteiger partial charge in [0, 0.05) is 5.75 Å². The molecule has 0 radical (unpaired) electrons. The van der Waals surface area contributed by atoms with Crippen molar-refractivity contribution in [3.63, 3.8) is 0 Å². The van der Waals surface area contributed by atoms with E-state index in [-0.39, 0.29) is 5.75 Å². The summed E-state index contributed by atoms with van der Waals surface area (Å²) in [6.45, 7) is -1.08. The van der Waals surface area contributed by atoms with E-state index in [1.807, 2.05) is 0 Å². The molecule has 1 aromatic carbocycles. The minimum Gasteiger partial charge on any atom is -0.431 e. The number of ether oxygens (including phenoxy) is 1. The molecule has 1 aliphatic rings. The van der Waals surface area contributed by atoms with Crippen LogP contribution in [0.2, 0.25) is 0 Å². The monoisotopic (exact) mass is 291 g/mol. The maximum Gasteiger partial charge on any atom is 0.427 e. The van der Waals surface area contributed by atoms with Crippen LogP contribution in [0.4, 0.5) is 18.9 Å². The molecule has 0 fully saturated rings. The Bertz CT molecular complexity index is 453. The van der Waals surface area contributed by atoms with E-state index in [2.05, 4.69) is 20.6 Å². The van der Waals surface area contributed by atoms with E-state index < -0.39 is 12.8 Å². The van der Waals surface area contributed by atoms with Crippen LogP contribution in [0, 0.1) is 0 Å². The van der Waals surface area contributed by atoms with Crippen molar-refractivity contribution in [3.8, 4) is 5.75 Å². The summed E-state index contributed by atoms with van der Waals surface area (Å²) >= 11 is 1.59. The van der Waals surface area contributed by atoms with Gasteiger partial charge in [0.25, 0.3) is 0 Å². The average molecular weight is 291 g/mol. The van der Waals surface area contributed by atoms with Crippen molar-refractivity contribution >= 4 is 22.6 Å². The lowest BCUT2D eigenvalue weighted by Gasteiger charge is -2.15. The Labute approximate surface area is 112 Å². The number of aliphatic imine (C=N–C) groups is 1. The van der Waals surface area contributed by atoms with E-state index in [1.165, 1.54) is 24.3 Å². The SMILES string of the molecule is FCC(F)(F)Oc1ccc(NNC2=NCCS2)cc1. The van der Waals surface area contributed by atoms with Crippen molar-refractivity contribution in [1.82, 2.24) is 5.43 Å². The highest BCUT2D eigenvalue weighted by Crippen LogP contribution is 2.23. The van der Waals surface area contributed by atoms with Gasteiger partial charge in [0.2, 0.25) is 0 Å². The van der Waals surface area contributed by atoms with Gasteiger partial charge in [-0.05, 0) is 24.3 Å². The largest absolute Gasteiger partial charge is 0.431 e. The van der Waals surface area contributed by atoms with Gasteiger partial charge in [-0.3, -0.25) is 15.8 Å². The Morgan fingerprint density at radius 1 is 1.26 bits per heavy atom. The van der Waals surface area contributed by atoms with Crippen LogP contribution in [0.5, 0.6) is 5.75 Å². The van der Waals surface area contributed by atoms with E-state index >= 15 is 0 Å². The molecular formula is C11H12F3N3OS. The first-order valence-corrected chi connectivity index (χ1v) is 6.50. The molecule has 0 amide bonds. The summed E-state index contributed by atoms with van der Waals surface area (Å²) in [7, 11) is 0. The fraction of sp³-hybridized carbons (Fsp3) is 0.364. The van der Waals surface area contributed by atoms with Crippen molar-refractivity contribution in [2.45, 2.75) is 6.11 Å². The molecule has 0 aliphatic carbocycles. The Morgan fingerprint density at radius 3 is 2.58 bits per heavy atom. The normalized spacial score (nSPS) is 15.0. The Balaban J connectivity index is 1.87. The molecule has 0 atom stereocenters. The van der Waals surface area contributed by atoms with Crippen LogP contribution >= 0.6 is 11.8 Å². The maximum atomic E-state index is 12.6. The topological polar surface area (TPSA) is 45.6 Å². The molecule has 1 aliphatic heterocycles. The third kappa shape index (κ3) is 4.23. The first-order chi connectivity index (χ1) is 9.09. The van der Waals surface area contributed by atoms with E-state index in [0.29, 0.717) is 5.69 Å². The summed E-state index contributed by atoms with van der Waals surface area (Å²) in [5.41, 5.74) is 6.42. The Kier molecular flexibility index (Phi) is 4.41. The third-order valence-electron chi connectivity index (χ3n) is 2.18. The molecule has 104 valence electrons. The van der Waals surface area contributed by atoms with E-state index in [1.54, 1.807) is 11.8 Å². The molecule has 19 heavy (non-hydrogen) atoms. The molecule has 0 saturated carbocycles. The van der Waals surface area contributed by atoms with Gasteiger partial charge in [-0.2, -0.15) is 8.78 Å². The number of hydrogen-bond acceptors (Lipinski definition) is 5. The molecule has 0 aromatic heterocycles. The fourth-order valence-corrected chi connectivity index (χ4v) is 2.02. The van der Waals surface area contributed by atoms with Crippen LogP contribution in [0.3, 0.4) is 0 Å². The number of hydrazine groups is 1. The number of anilines is 1. The van der Waals surface area contributed by atoms with Gasteiger partial charge in [0.05, 0.1) is 12.2 Å². The van der Waals surface area contributed by atoms with E-state index in [0.717, 1.165) is 17.5 Å². The number of amidine groups is 1. The molecule has 0 unspecified atom stereocenters. The average Bonchev–Trinajstić information content (AvgIpc) is 2.91. The van der Waals surface area contributed by atoms with Gasteiger partial charge in [0.15, 0.2) is 11.8 Å². The van der Waals surface area contributed by atoms with Gasteiger partial charge in [-0.1, -0.05) is 11.8 Å².